The molecule has 0 radical (unpaired) electrons. The zero-order valence-electron chi connectivity index (χ0n) is 13.6. The Bertz CT molecular complexity index is 575. The van der Waals surface area contributed by atoms with Crippen molar-refractivity contribution in [1.29, 1.82) is 0 Å². The first kappa shape index (κ1) is 13.8. The number of likely N-dealkylation sites (N-methyl/N-ethyl adjacent to an activating group) is 1. The van der Waals surface area contributed by atoms with E-state index >= 15 is 0 Å². The third-order valence-corrected chi connectivity index (χ3v) is 6.90. The van der Waals surface area contributed by atoms with Crippen LogP contribution in [-0.4, -0.2) is 34.7 Å². The van der Waals surface area contributed by atoms with E-state index in [2.05, 4.69) is 43.1 Å². The molecule has 1 N–H and O–H groups in total. The van der Waals surface area contributed by atoms with Gasteiger partial charge in [0.05, 0.1) is 5.60 Å². The van der Waals surface area contributed by atoms with Gasteiger partial charge in [0.25, 0.3) is 0 Å². The van der Waals surface area contributed by atoms with Crippen LogP contribution in [0.3, 0.4) is 0 Å². The summed E-state index contributed by atoms with van der Waals surface area (Å²) in [7, 11) is 2.29. The van der Waals surface area contributed by atoms with Crippen molar-refractivity contribution in [2.24, 2.45) is 11.8 Å². The third-order valence-electron chi connectivity index (χ3n) is 6.90. The normalized spacial score (nSPS) is 42.0. The summed E-state index contributed by atoms with van der Waals surface area (Å²) in [6.07, 6.45) is 3.55. The maximum atomic E-state index is 10.6. The van der Waals surface area contributed by atoms with Crippen LogP contribution in [0.25, 0.3) is 0 Å². The predicted octanol–water partition coefficient (Wildman–Crippen LogP) is 2.98. The smallest absolute Gasteiger partial charge is 0.0634 e. The van der Waals surface area contributed by atoms with E-state index in [4.69, 9.17) is 0 Å². The molecule has 5 unspecified atom stereocenters. The number of rotatable bonds is 1. The molecule has 2 saturated heterocycles. The van der Waals surface area contributed by atoms with Crippen molar-refractivity contribution < 1.29 is 5.11 Å². The monoisotopic (exact) mass is 285 g/mol. The molecular formula is C19H27NO. The Labute approximate surface area is 128 Å². The van der Waals surface area contributed by atoms with Crippen LogP contribution in [0.5, 0.6) is 0 Å². The highest BCUT2D eigenvalue weighted by molar-refractivity contribution is 5.41. The molecule has 2 nitrogen and oxygen atoms in total. The average molecular weight is 285 g/mol. The van der Waals surface area contributed by atoms with E-state index in [0.29, 0.717) is 29.3 Å². The Balaban J connectivity index is 1.81. The van der Waals surface area contributed by atoms with Gasteiger partial charge in [-0.3, -0.25) is 4.90 Å². The number of nitrogens with zero attached hydrogens (tertiary/aromatic N) is 1. The Morgan fingerprint density at radius 1 is 1.24 bits per heavy atom. The highest BCUT2D eigenvalue weighted by Gasteiger charge is 2.60. The summed E-state index contributed by atoms with van der Waals surface area (Å²) in [6.45, 7) is 6.47. The van der Waals surface area contributed by atoms with Crippen LogP contribution in [0.4, 0.5) is 0 Å². The number of fused-ring (bicyclic) bond motifs is 2. The Hall–Kier alpha value is -0.860. The lowest BCUT2D eigenvalue weighted by atomic mass is 9.48. The van der Waals surface area contributed by atoms with Crippen LogP contribution in [0.1, 0.15) is 44.7 Å². The molecule has 2 heterocycles. The highest BCUT2D eigenvalue weighted by Crippen LogP contribution is 2.59. The van der Waals surface area contributed by atoms with Gasteiger partial charge in [-0.15, -0.1) is 0 Å². The Morgan fingerprint density at radius 3 is 2.67 bits per heavy atom. The molecule has 5 atom stereocenters. The van der Waals surface area contributed by atoms with Gasteiger partial charge in [0.2, 0.25) is 0 Å². The first-order chi connectivity index (χ1) is 9.82. The van der Waals surface area contributed by atoms with E-state index < -0.39 is 5.60 Å². The molecule has 3 fully saturated rings. The van der Waals surface area contributed by atoms with E-state index in [0.717, 1.165) is 0 Å². The number of piperidine rings is 2. The Morgan fingerprint density at radius 2 is 1.95 bits per heavy atom. The van der Waals surface area contributed by atoms with Gasteiger partial charge in [0.15, 0.2) is 0 Å². The molecule has 1 aromatic carbocycles. The molecule has 0 spiro atoms. The minimum absolute atomic E-state index is 0.304. The molecule has 21 heavy (non-hydrogen) atoms. The van der Waals surface area contributed by atoms with E-state index in [1.165, 1.54) is 19.3 Å². The molecule has 114 valence electrons. The van der Waals surface area contributed by atoms with E-state index in [9.17, 15) is 5.11 Å². The van der Waals surface area contributed by atoms with Crippen molar-refractivity contribution in [2.75, 3.05) is 7.05 Å². The van der Waals surface area contributed by atoms with Gasteiger partial charge in [-0.2, -0.15) is 0 Å². The fraction of sp³-hybridized carbons (Fsp3) is 0.684. The molecule has 0 amide bonds. The molecular weight excluding hydrogens is 258 g/mol. The minimum Gasteiger partial charge on any atom is -0.390 e. The van der Waals surface area contributed by atoms with Crippen molar-refractivity contribution >= 4 is 0 Å². The molecule has 0 aromatic heterocycles. The quantitative estimate of drug-likeness (QED) is 0.857. The van der Waals surface area contributed by atoms with E-state index in [-0.39, 0.29) is 0 Å². The van der Waals surface area contributed by atoms with Gasteiger partial charge < -0.3 is 5.11 Å². The molecule has 2 aliphatic carbocycles. The molecule has 1 aromatic rings. The lowest BCUT2D eigenvalue weighted by Crippen LogP contribution is -2.70. The number of benzene rings is 1. The zero-order valence-corrected chi connectivity index (χ0v) is 13.6. The van der Waals surface area contributed by atoms with Crippen LogP contribution in [-0.2, 0) is 11.8 Å². The summed E-state index contributed by atoms with van der Waals surface area (Å²) in [5.41, 5.74) is 2.87. The SMILES string of the molecule is CN1C2CC3(C)c4ccccc4CC1C3CC2C(C)(C)O. The molecule has 4 bridgehead atoms. The van der Waals surface area contributed by atoms with Crippen LogP contribution >= 0.6 is 0 Å². The van der Waals surface area contributed by atoms with Crippen molar-refractivity contribution in [1.82, 2.24) is 4.90 Å². The summed E-state index contributed by atoms with van der Waals surface area (Å²) in [4.78, 5) is 2.59. The van der Waals surface area contributed by atoms with Crippen LogP contribution in [0, 0.1) is 11.8 Å². The second-order valence-electron chi connectivity index (χ2n) is 8.39. The number of hydrogen-bond donors (Lipinski definition) is 1. The van der Waals surface area contributed by atoms with Crippen molar-refractivity contribution in [2.45, 2.75) is 63.1 Å². The molecule has 5 rings (SSSR count). The molecule has 1 saturated carbocycles. The van der Waals surface area contributed by atoms with Crippen molar-refractivity contribution in [3.05, 3.63) is 35.4 Å². The van der Waals surface area contributed by atoms with Gasteiger partial charge >= 0.3 is 0 Å². The second-order valence-corrected chi connectivity index (χ2v) is 8.39. The lowest BCUT2D eigenvalue weighted by Gasteiger charge is -2.65. The fourth-order valence-corrected chi connectivity index (χ4v) is 5.79. The van der Waals surface area contributed by atoms with Gasteiger partial charge in [0, 0.05) is 18.0 Å². The van der Waals surface area contributed by atoms with E-state index in [1.54, 1.807) is 11.1 Å². The first-order valence-corrected chi connectivity index (χ1v) is 8.35. The van der Waals surface area contributed by atoms with Gasteiger partial charge in [-0.1, -0.05) is 31.2 Å². The summed E-state index contributed by atoms with van der Waals surface area (Å²) in [5.74, 6) is 1.08. The zero-order chi connectivity index (χ0) is 15.0. The summed E-state index contributed by atoms with van der Waals surface area (Å²) >= 11 is 0. The fourth-order valence-electron chi connectivity index (χ4n) is 5.79. The summed E-state index contributed by atoms with van der Waals surface area (Å²) in [6, 6.07) is 10.2. The standard InChI is InChI=1S/C19H27NO/c1-18(2,21)14-10-15-16-9-12-7-5-6-8-13(12)19(15,3)11-17(14)20(16)4/h5-8,14-17,21H,9-11H2,1-4H3. The number of hydrogen-bond acceptors (Lipinski definition) is 2. The average Bonchev–Trinajstić information content (AvgIpc) is 2.42. The summed E-state index contributed by atoms with van der Waals surface area (Å²) < 4.78 is 0. The topological polar surface area (TPSA) is 23.5 Å². The Kier molecular flexibility index (Phi) is 2.70. The van der Waals surface area contributed by atoms with E-state index in [1.807, 2.05) is 13.8 Å². The van der Waals surface area contributed by atoms with Crippen LogP contribution in [0.2, 0.25) is 0 Å². The van der Waals surface area contributed by atoms with Gasteiger partial charge in [0.1, 0.15) is 0 Å². The van der Waals surface area contributed by atoms with Gasteiger partial charge in [-0.05, 0) is 62.6 Å². The minimum atomic E-state index is -0.567. The largest absolute Gasteiger partial charge is 0.390 e. The molecule has 4 aliphatic rings. The lowest BCUT2D eigenvalue weighted by molar-refractivity contribution is -0.143. The van der Waals surface area contributed by atoms with Crippen molar-refractivity contribution in [3.8, 4) is 0 Å². The second kappa shape index (κ2) is 4.11. The van der Waals surface area contributed by atoms with Gasteiger partial charge in [-0.25, -0.2) is 0 Å². The highest BCUT2D eigenvalue weighted by atomic mass is 16.3. The predicted molar refractivity (Wildman–Crippen MR) is 85.3 cm³/mol. The van der Waals surface area contributed by atoms with Crippen LogP contribution < -0.4 is 0 Å². The maximum absolute atomic E-state index is 10.6. The number of aliphatic hydroxyl groups is 1. The summed E-state index contributed by atoms with van der Waals surface area (Å²) in [5, 5.41) is 10.6. The molecule has 2 aliphatic heterocycles. The first-order valence-electron chi connectivity index (χ1n) is 8.35. The van der Waals surface area contributed by atoms with Crippen molar-refractivity contribution in [3.63, 3.8) is 0 Å². The van der Waals surface area contributed by atoms with Crippen LogP contribution in [0.15, 0.2) is 24.3 Å². The molecule has 2 heteroatoms. The third kappa shape index (κ3) is 1.72. The maximum Gasteiger partial charge on any atom is 0.0634 e.